The summed E-state index contributed by atoms with van der Waals surface area (Å²) in [6.07, 6.45) is 2.59. The highest BCUT2D eigenvalue weighted by molar-refractivity contribution is 6.30. The lowest BCUT2D eigenvalue weighted by Crippen LogP contribution is -2.22. The fraction of sp³-hybridized carbons (Fsp3) is 0.250. The number of hydrogen-bond acceptors (Lipinski definition) is 4. The van der Waals surface area contributed by atoms with E-state index in [4.69, 9.17) is 11.6 Å². The molecular weight excluding hydrogens is 398 g/mol. The minimum Gasteiger partial charge on any atom is -0.294 e. The summed E-state index contributed by atoms with van der Waals surface area (Å²) in [4.78, 5) is 33.7. The number of nitrogens with zero attached hydrogens (tertiary/aromatic N) is 2. The first kappa shape index (κ1) is 20.2. The van der Waals surface area contributed by atoms with E-state index in [1.807, 2.05) is 0 Å². The van der Waals surface area contributed by atoms with Crippen molar-refractivity contribution in [3.05, 3.63) is 87.7 Å². The van der Waals surface area contributed by atoms with Crippen LogP contribution in [0.1, 0.15) is 69.6 Å². The highest BCUT2D eigenvalue weighted by Crippen LogP contribution is 2.32. The molecule has 5 nitrogen and oxygen atoms in total. The molecule has 1 amide bonds. The summed E-state index contributed by atoms with van der Waals surface area (Å²) >= 11 is 5.87. The molecule has 1 aliphatic rings. The van der Waals surface area contributed by atoms with Crippen molar-refractivity contribution in [1.82, 2.24) is 9.97 Å². The summed E-state index contributed by atoms with van der Waals surface area (Å²) in [5.41, 5.74) is 4.07. The molecule has 0 saturated carbocycles. The molecule has 3 aromatic rings. The van der Waals surface area contributed by atoms with Crippen LogP contribution in [0.5, 0.6) is 0 Å². The summed E-state index contributed by atoms with van der Waals surface area (Å²) in [6, 6.07) is 15.0. The van der Waals surface area contributed by atoms with E-state index in [1.165, 1.54) is 11.8 Å². The van der Waals surface area contributed by atoms with Crippen LogP contribution in [0.25, 0.3) is 0 Å². The fourth-order valence-electron chi connectivity index (χ4n) is 3.67. The van der Waals surface area contributed by atoms with Gasteiger partial charge in [-0.25, -0.2) is 9.97 Å². The number of anilines is 1. The molecule has 0 radical (unpaired) electrons. The molecule has 0 bridgehead atoms. The Morgan fingerprint density at radius 1 is 1.07 bits per heavy atom. The molecule has 1 aromatic heterocycles. The van der Waals surface area contributed by atoms with Crippen molar-refractivity contribution in [1.29, 1.82) is 0 Å². The van der Waals surface area contributed by atoms with Gasteiger partial charge in [-0.1, -0.05) is 49.7 Å². The smallest absolute Gasteiger partial charge is 0.258 e. The number of ketones is 1. The van der Waals surface area contributed by atoms with Gasteiger partial charge in [-0.3, -0.25) is 14.9 Å². The lowest BCUT2D eigenvalue weighted by molar-refractivity contribution is 0.0962. The van der Waals surface area contributed by atoms with Gasteiger partial charge in [0.05, 0.1) is 11.3 Å². The number of amides is 1. The maximum atomic E-state index is 12.7. The third-order valence-electron chi connectivity index (χ3n) is 5.45. The maximum absolute atomic E-state index is 12.7. The molecule has 2 aromatic carbocycles. The van der Waals surface area contributed by atoms with Crippen LogP contribution in [0.15, 0.2) is 54.7 Å². The number of aromatic nitrogens is 2. The number of halogens is 1. The summed E-state index contributed by atoms with van der Waals surface area (Å²) in [5.74, 6) is 0.435. The number of benzene rings is 2. The second kappa shape index (κ2) is 8.36. The summed E-state index contributed by atoms with van der Waals surface area (Å²) in [7, 11) is 0. The first-order valence-corrected chi connectivity index (χ1v) is 10.3. The number of carbonyl (C=O) groups is 2. The Morgan fingerprint density at radius 3 is 2.43 bits per heavy atom. The number of carbonyl (C=O) groups excluding carboxylic acids is 2. The number of fused-ring (bicyclic) bond motifs is 1. The van der Waals surface area contributed by atoms with Crippen LogP contribution in [0.4, 0.5) is 5.95 Å². The van der Waals surface area contributed by atoms with Crippen LogP contribution in [-0.4, -0.2) is 21.7 Å². The highest BCUT2D eigenvalue weighted by atomic mass is 35.5. The fourth-order valence-corrected chi connectivity index (χ4v) is 3.79. The van der Waals surface area contributed by atoms with Gasteiger partial charge in [0.25, 0.3) is 5.91 Å². The van der Waals surface area contributed by atoms with Crippen LogP contribution in [0.2, 0.25) is 5.02 Å². The zero-order valence-electron chi connectivity index (χ0n) is 16.9. The van der Waals surface area contributed by atoms with Crippen LogP contribution in [0, 0.1) is 0 Å². The molecule has 1 N–H and O–H groups in total. The van der Waals surface area contributed by atoms with Crippen molar-refractivity contribution in [3.8, 4) is 0 Å². The molecule has 0 spiro atoms. The van der Waals surface area contributed by atoms with E-state index in [0.717, 1.165) is 5.56 Å². The molecule has 0 fully saturated rings. The van der Waals surface area contributed by atoms with Crippen LogP contribution < -0.4 is 5.32 Å². The van der Waals surface area contributed by atoms with Crippen molar-refractivity contribution in [2.24, 2.45) is 0 Å². The number of hydrogen-bond donors (Lipinski definition) is 1. The monoisotopic (exact) mass is 419 g/mol. The normalized spacial score (nSPS) is 15.7. The van der Waals surface area contributed by atoms with Gasteiger partial charge in [-0.2, -0.15) is 0 Å². The Bertz CT molecular complexity index is 1090. The SMILES string of the molecule is CC(C)c1ccc([C@H]2CC(=O)c3cnc(NC(=O)c4ccc(Cl)cc4)nc3C2)cc1. The van der Waals surface area contributed by atoms with Gasteiger partial charge >= 0.3 is 0 Å². The molecule has 30 heavy (non-hydrogen) atoms. The minimum atomic E-state index is -0.324. The van der Waals surface area contributed by atoms with Gasteiger partial charge in [0.15, 0.2) is 5.78 Å². The van der Waals surface area contributed by atoms with E-state index in [2.05, 4.69) is 53.4 Å². The van der Waals surface area contributed by atoms with Gasteiger partial charge in [0.2, 0.25) is 5.95 Å². The van der Waals surface area contributed by atoms with E-state index in [1.54, 1.807) is 24.3 Å². The molecule has 1 aliphatic carbocycles. The number of nitrogens with one attached hydrogen (secondary N) is 1. The van der Waals surface area contributed by atoms with Gasteiger partial charge in [-0.15, -0.1) is 0 Å². The standard InChI is InChI=1S/C24H22ClN3O2/c1-14(2)15-3-5-16(6-4-15)18-11-21-20(22(29)12-18)13-26-24(27-21)28-23(30)17-7-9-19(25)10-8-17/h3-10,13-14,18H,11-12H2,1-2H3,(H,26,27,28,30)/t18-/m1/s1. The van der Waals surface area contributed by atoms with E-state index >= 15 is 0 Å². The molecule has 1 atom stereocenters. The minimum absolute atomic E-state index is 0.0322. The van der Waals surface area contributed by atoms with Gasteiger partial charge < -0.3 is 0 Å². The third-order valence-corrected chi connectivity index (χ3v) is 5.70. The van der Waals surface area contributed by atoms with Crippen molar-refractivity contribution in [2.75, 3.05) is 5.32 Å². The third kappa shape index (κ3) is 4.26. The van der Waals surface area contributed by atoms with E-state index in [0.29, 0.717) is 40.6 Å². The molecule has 0 aliphatic heterocycles. The van der Waals surface area contributed by atoms with Crippen LogP contribution >= 0.6 is 11.6 Å². The highest BCUT2D eigenvalue weighted by Gasteiger charge is 2.28. The van der Waals surface area contributed by atoms with Crippen LogP contribution in [0.3, 0.4) is 0 Å². The quantitative estimate of drug-likeness (QED) is 0.613. The zero-order valence-corrected chi connectivity index (χ0v) is 17.6. The Balaban J connectivity index is 1.54. The lowest BCUT2D eigenvalue weighted by Gasteiger charge is -2.23. The average Bonchev–Trinajstić information content (AvgIpc) is 2.74. The predicted octanol–water partition coefficient (Wildman–Crippen LogP) is 5.42. The number of Topliss-reactive ketones (excluding diaryl/α,β-unsaturated/α-hetero) is 1. The van der Waals surface area contributed by atoms with Gasteiger partial charge in [0.1, 0.15) is 0 Å². The van der Waals surface area contributed by atoms with Crippen LogP contribution in [-0.2, 0) is 6.42 Å². The van der Waals surface area contributed by atoms with Crippen molar-refractivity contribution in [2.45, 2.75) is 38.5 Å². The molecule has 0 unspecified atom stereocenters. The summed E-state index contributed by atoms with van der Waals surface area (Å²) in [5, 5.41) is 3.26. The topological polar surface area (TPSA) is 72.0 Å². The van der Waals surface area contributed by atoms with E-state index < -0.39 is 0 Å². The average molecular weight is 420 g/mol. The Morgan fingerprint density at radius 2 is 1.77 bits per heavy atom. The predicted molar refractivity (Wildman–Crippen MR) is 117 cm³/mol. The summed E-state index contributed by atoms with van der Waals surface area (Å²) < 4.78 is 0. The van der Waals surface area contributed by atoms with E-state index in [9.17, 15) is 9.59 Å². The lowest BCUT2D eigenvalue weighted by atomic mass is 9.81. The van der Waals surface area contributed by atoms with Gasteiger partial charge in [-0.05, 0) is 53.6 Å². The van der Waals surface area contributed by atoms with E-state index in [-0.39, 0.29) is 23.6 Å². The largest absolute Gasteiger partial charge is 0.294 e. The zero-order chi connectivity index (χ0) is 21.3. The Kier molecular flexibility index (Phi) is 5.64. The first-order valence-electron chi connectivity index (χ1n) is 9.96. The van der Waals surface area contributed by atoms with Crippen molar-refractivity contribution >= 4 is 29.2 Å². The number of rotatable bonds is 4. The summed E-state index contributed by atoms with van der Waals surface area (Å²) in [6.45, 7) is 4.32. The van der Waals surface area contributed by atoms with Gasteiger partial charge in [0, 0.05) is 23.2 Å². The molecule has 0 saturated heterocycles. The molecule has 152 valence electrons. The maximum Gasteiger partial charge on any atom is 0.258 e. The molecule has 6 heteroatoms. The second-order valence-electron chi connectivity index (χ2n) is 7.86. The van der Waals surface area contributed by atoms with Crippen molar-refractivity contribution < 1.29 is 9.59 Å². The Labute approximate surface area is 180 Å². The van der Waals surface area contributed by atoms with Crippen molar-refractivity contribution in [3.63, 3.8) is 0 Å². The molecule has 4 rings (SSSR count). The first-order chi connectivity index (χ1) is 14.4. The molecular formula is C24H22ClN3O2. The molecule has 1 heterocycles. The second-order valence-corrected chi connectivity index (χ2v) is 8.30. The Hall–Kier alpha value is -3.05.